The summed E-state index contributed by atoms with van der Waals surface area (Å²) in [4.78, 5) is 17.2. The second kappa shape index (κ2) is 4.07. The predicted octanol–water partition coefficient (Wildman–Crippen LogP) is 1.70. The summed E-state index contributed by atoms with van der Waals surface area (Å²) in [6.45, 7) is 4.25. The summed E-state index contributed by atoms with van der Waals surface area (Å²) < 4.78 is 0. The molecule has 0 unspecified atom stereocenters. The van der Waals surface area contributed by atoms with Crippen LogP contribution in [0.15, 0.2) is 6.20 Å². The van der Waals surface area contributed by atoms with Gasteiger partial charge in [-0.1, -0.05) is 13.8 Å². The molecule has 4 heteroatoms. The van der Waals surface area contributed by atoms with Crippen LogP contribution < -0.4 is 0 Å². The van der Waals surface area contributed by atoms with Gasteiger partial charge in [0, 0.05) is 6.42 Å². The minimum atomic E-state index is -0.955. The smallest absolute Gasteiger partial charge is 0.353 e. The lowest BCUT2D eigenvalue weighted by Crippen LogP contribution is -1.98. The Labute approximate surface area is 77.0 Å². The number of H-pyrrole nitrogens is 1. The van der Waals surface area contributed by atoms with E-state index in [4.69, 9.17) is 5.11 Å². The summed E-state index contributed by atoms with van der Waals surface area (Å²) in [7, 11) is 0. The first-order valence-corrected chi connectivity index (χ1v) is 4.36. The largest absolute Gasteiger partial charge is 0.477 e. The fraction of sp³-hybridized carbons (Fsp3) is 0.556. The number of carboxylic acid groups (broad SMARTS) is 1. The molecule has 0 aromatic carbocycles. The fourth-order valence-corrected chi connectivity index (χ4v) is 1.02. The Kier molecular flexibility index (Phi) is 3.06. The maximum absolute atomic E-state index is 10.5. The molecule has 0 saturated heterocycles. The Morgan fingerprint density at radius 2 is 2.38 bits per heavy atom. The molecular formula is C9H14N2O2. The molecule has 1 aromatic heterocycles. The van der Waals surface area contributed by atoms with E-state index < -0.39 is 5.97 Å². The number of aromatic amines is 1. The molecule has 0 aliphatic carbocycles. The van der Waals surface area contributed by atoms with E-state index in [0.717, 1.165) is 18.7 Å². The highest BCUT2D eigenvalue weighted by molar-refractivity contribution is 5.84. The highest BCUT2D eigenvalue weighted by Crippen LogP contribution is 2.06. The average molecular weight is 182 g/mol. The number of aromatic carboxylic acids is 1. The standard InChI is InChI=1S/C9H14N2O2/c1-6(2)3-4-8-10-5-7(11-8)9(12)13/h5-6H,3-4H2,1-2H3,(H,10,11)(H,12,13). The zero-order chi connectivity index (χ0) is 9.84. The van der Waals surface area contributed by atoms with E-state index in [9.17, 15) is 4.79 Å². The molecule has 0 aliphatic rings. The number of aryl methyl sites for hydroxylation is 1. The van der Waals surface area contributed by atoms with Crippen LogP contribution in [0.5, 0.6) is 0 Å². The number of imidazole rings is 1. The molecule has 0 bridgehead atoms. The molecule has 1 heterocycles. The molecule has 0 radical (unpaired) electrons. The van der Waals surface area contributed by atoms with E-state index in [1.807, 2.05) is 0 Å². The van der Waals surface area contributed by atoms with Gasteiger partial charge in [0.15, 0.2) is 0 Å². The zero-order valence-corrected chi connectivity index (χ0v) is 7.87. The monoisotopic (exact) mass is 182 g/mol. The van der Waals surface area contributed by atoms with Crippen molar-refractivity contribution >= 4 is 5.97 Å². The summed E-state index contributed by atoms with van der Waals surface area (Å²) in [6.07, 6.45) is 3.19. The van der Waals surface area contributed by atoms with Gasteiger partial charge in [0.05, 0.1) is 6.20 Å². The molecule has 0 saturated carbocycles. The van der Waals surface area contributed by atoms with Crippen LogP contribution in [-0.4, -0.2) is 21.0 Å². The maximum Gasteiger partial charge on any atom is 0.353 e. The van der Waals surface area contributed by atoms with Crippen LogP contribution in [0.4, 0.5) is 0 Å². The molecule has 0 fully saturated rings. The van der Waals surface area contributed by atoms with E-state index in [2.05, 4.69) is 23.8 Å². The number of hydrogen-bond donors (Lipinski definition) is 2. The number of carboxylic acids is 1. The molecule has 72 valence electrons. The van der Waals surface area contributed by atoms with E-state index >= 15 is 0 Å². The first-order valence-electron chi connectivity index (χ1n) is 4.36. The van der Waals surface area contributed by atoms with Gasteiger partial charge in [-0.2, -0.15) is 0 Å². The minimum absolute atomic E-state index is 0.166. The van der Waals surface area contributed by atoms with Crippen LogP contribution in [0.25, 0.3) is 0 Å². The quantitative estimate of drug-likeness (QED) is 0.744. The zero-order valence-electron chi connectivity index (χ0n) is 7.87. The number of carbonyl (C=O) groups is 1. The van der Waals surface area contributed by atoms with Crippen molar-refractivity contribution in [3.63, 3.8) is 0 Å². The van der Waals surface area contributed by atoms with Crippen molar-refractivity contribution in [2.24, 2.45) is 5.92 Å². The van der Waals surface area contributed by atoms with Crippen molar-refractivity contribution in [1.82, 2.24) is 9.97 Å². The molecule has 13 heavy (non-hydrogen) atoms. The molecule has 1 rings (SSSR count). The Hall–Kier alpha value is -1.32. The molecule has 4 nitrogen and oxygen atoms in total. The van der Waals surface area contributed by atoms with Crippen LogP contribution >= 0.6 is 0 Å². The van der Waals surface area contributed by atoms with Gasteiger partial charge in [0.25, 0.3) is 0 Å². The number of nitrogens with zero attached hydrogens (tertiary/aromatic N) is 1. The Bertz CT molecular complexity index is 292. The lowest BCUT2D eigenvalue weighted by Gasteiger charge is -2.00. The highest BCUT2D eigenvalue weighted by atomic mass is 16.4. The van der Waals surface area contributed by atoms with Gasteiger partial charge in [-0.15, -0.1) is 0 Å². The molecule has 2 N–H and O–H groups in total. The third-order valence-corrected chi connectivity index (χ3v) is 1.82. The van der Waals surface area contributed by atoms with Gasteiger partial charge < -0.3 is 10.1 Å². The van der Waals surface area contributed by atoms with E-state index in [1.165, 1.54) is 6.20 Å². The Morgan fingerprint density at radius 1 is 1.69 bits per heavy atom. The van der Waals surface area contributed by atoms with Crippen molar-refractivity contribution in [1.29, 1.82) is 0 Å². The maximum atomic E-state index is 10.5. The summed E-state index contributed by atoms with van der Waals surface area (Å²) in [6, 6.07) is 0. The molecular weight excluding hydrogens is 168 g/mol. The van der Waals surface area contributed by atoms with Crippen LogP contribution in [-0.2, 0) is 6.42 Å². The van der Waals surface area contributed by atoms with E-state index in [0.29, 0.717) is 5.92 Å². The van der Waals surface area contributed by atoms with E-state index in [1.54, 1.807) is 0 Å². The normalized spacial score (nSPS) is 10.7. The third-order valence-electron chi connectivity index (χ3n) is 1.82. The van der Waals surface area contributed by atoms with Gasteiger partial charge in [-0.25, -0.2) is 9.78 Å². The summed E-state index contributed by atoms with van der Waals surface area (Å²) >= 11 is 0. The summed E-state index contributed by atoms with van der Waals surface area (Å²) in [5, 5.41) is 8.60. The Morgan fingerprint density at radius 3 is 2.85 bits per heavy atom. The fourth-order valence-electron chi connectivity index (χ4n) is 1.02. The van der Waals surface area contributed by atoms with Crippen LogP contribution in [0, 0.1) is 5.92 Å². The number of aromatic nitrogens is 2. The first kappa shape index (κ1) is 9.77. The van der Waals surface area contributed by atoms with Gasteiger partial charge in [-0.05, 0) is 12.3 Å². The van der Waals surface area contributed by atoms with Gasteiger partial charge >= 0.3 is 5.97 Å². The topological polar surface area (TPSA) is 66.0 Å². The van der Waals surface area contributed by atoms with Crippen LogP contribution in [0.2, 0.25) is 0 Å². The molecule has 0 atom stereocenters. The number of hydrogen-bond acceptors (Lipinski definition) is 2. The van der Waals surface area contributed by atoms with Gasteiger partial charge in [0.2, 0.25) is 0 Å². The molecule has 0 amide bonds. The lowest BCUT2D eigenvalue weighted by molar-refractivity contribution is 0.0691. The van der Waals surface area contributed by atoms with Crippen molar-refractivity contribution < 1.29 is 9.90 Å². The van der Waals surface area contributed by atoms with Crippen molar-refractivity contribution in [2.75, 3.05) is 0 Å². The average Bonchev–Trinajstić information content (AvgIpc) is 2.48. The molecule has 1 aromatic rings. The molecule has 0 spiro atoms. The third kappa shape index (κ3) is 2.89. The Balaban J connectivity index is 2.54. The predicted molar refractivity (Wildman–Crippen MR) is 48.7 cm³/mol. The van der Waals surface area contributed by atoms with Gasteiger partial charge in [0.1, 0.15) is 11.5 Å². The minimum Gasteiger partial charge on any atom is -0.477 e. The summed E-state index contributed by atoms with van der Waals surface area (Å²) in [5.41, 5.74) is 0.166. The van der Waals surface area contributed by atoms with E-state index in [-0.39, 0.29) is 5.69 Å². The van der Waals surface area contributed by atoms with Crippen LogP contribution in [0.1, 0.15) is 36.6 Å². The number of rotatable bonds is 4. The lowest BCUT2D eigenvalue weighted by atomic mass is 10.1. The van der Waals surface area contributed by atoms with Crippen molar-refractivity contribution in [2.45, 2.75) is 26.7 Å². The summed E-state index contributed by atoms with van der Waals surface area (Å²) in [5.74, 6) is 0.410. The SMILES string of the molecule is CC(C)CCc1ncc(C(=O)O)[nH]1. The van der Waals surface area contributed by atoms with Crippen molar-refractivity contribution in [3.8, 4) is 0 Å². The molecule has 0 aliphatic heterocycles. The second-order valence-corrected chi connectivity index (χ2v) is 3.48. The van der Waals surface area contributed by atoms with Gasteiger partial charge in [-0.3, -0.25) is 0 Å². The second-order valence-electron chi connectivity index (χ2n) is 3.48. The van der Waals surface area contributed by atoms with Crippen molar-refractivity contribution in [3.05, 3.63) is 17.7 Å². The number of nitrogens with one attached hydrogen (secondary N) is 1. The first-order chi connectivity index (χ1) is 6.09. The van der Waals surface area contributed by atoms with Crippen LogP contribution in [0.3, 0.4) is 0 Å². The highest BCUT2D eigenvalue weighted by Gasteiger charge is 2.06.